The predicted molar refractivity (Wildman–Crippen MR) is 94.8 cm³/mol. The molecule has 0 spiro atoms. The van der Waals surface area contributed by atoms with Crippen molar-refractivity contribution in [2.45, 2.75) is 18.2 Å². The van der Waals surface area contributed by atoms with E-state index in [9.17, 15) is 16.8 Å². The molecule has 0 aliphatic heterocycles. The molecule has 0 aliphatic carbocycles. The van der Waals surface area contributed by atoms with E-state index in [4.69, 9.17) is 11.5 Å². The minimum absolute atomic E-state index is 0.00876. The smallest absolute Gasteiger partial charge is 0.218 e. The fourth-order valence-corrected chi connectivity index (χ4v) is 7.29. The van der Waals surface area contributed by atoms with E-state index in [-0.39, 0.29) is 29.6 Å². The van der Waals surface area contributed by atoms with E-state index in [0.29, 0.717) is 0 Å². The Morgan fingerprint density at radius 3 is 1.50 bits per heavy atom. The van der Waals surface area contributed by atoms with Crippen molar-refractivity contribution in [1.29, 1.82) is 0 Å². The first kappa shape index (κ1) is 17.0. The molecule has 0 fully saturated rings. The molecule has 2 aromatic heterocycles. The number of nitrogens with two attached hydrogens (primary N) is 2. The lowest BCUT2D eigenvalue weighted by Crippen LogP contribution is -2.11. The minimum Gasteiger partial charge on any atom is -0.399 e. The topological polar surface area (TPSA) is 120 Å². The van der Waals surface area contributed by atoms with E-state index in [0.717, 1.165) is 22.7 Å². The minimum atomic E-state index is -3.95. The number of nitrogen functional groups attached to an aromatic ring is 2. The highest BCUT2D eigenvalue weighted by Crippen LogP contribution is 2.37. The van der Waals surface area contributed by atoms with Gasteiger partial charge in [-0.2, -0.15) is 0 Å². The monoisotopic (exact) mass is 400 g/mol. The zero-order valence-electron chi connectivity index (χ0n) is 12.0. The number of hydrogen-bond donors (Lipinski definition) is 2. The highest BCUT2D eigenvalue weighted by Gasteiger charge is 2.29. The number of rotatable bonds is 4. The lowest BCUT2D eigenvalue weighted by molar-refractivity contribution is 0.597. The van der Waals surface area contributed by atoms with Crippen LogP contribution in [0.25, 0.3) is 0 Å². The van der Waals surface area contributed by atoms with Gasteiger partial charge >= 0.3 is 0 Å². The summed E-state index contributed by atoms with van der Waals surface area (Å²) in [5, 5.41) is 3.22. The van der Waals surface area contributed by atoms with Crippen LogP contribution in [-0.4, -0.2) is 16.8 Å². The maximum Gasteiger partial charge on any atom is 0.218 e. The van der Waals surface area contributed by atoms with Gasteiger partial charge in [0.05, 0.1) is 15.5 Å². The predicted octanol–water partition coefficient (Wildman–Crippen LogP) is 2.64. The Balaban J connectivity index is 2.28. The summed E-state index contributed by atoms with van der Waals surface area (Å²) in [6, 6.07) is 8.38. The Labute approximate surface area is 147 Å². The zero-order valence-corrected chi connectivity index (χ0v) is 15.3. The first-order valence-electron chi connectivity index (χ1n) is 6.51. The fourth-order valence-electron chi connectivity index (χ4n) is 2.12. The molecule has 3 aromatic rings. The van der Waals surface area contributed by atoms with Gasteiger partial charge in [-0.3, -0.25) is 0 Å². The Bertz CT molecular complexity index is 999. The Hall–Kier alpha value is -1.88. The summed E-state index contributed by atoms with van der Waals surface area (Å²) in [4.78, 5) is -0.611. The van der Waals surface area contributed by atoms with Crippen LogP contribution in [-0.2, 0) is 19.7 Å². The summed E-state index contributed by atoms with van der Waals surface area (Å²) < 4.78 is 51.0. The van der Waals surface area contributed by atoms with Crippen LogP contribution in [0.4, 0.5) is 11.4 Å². The summed E-state index contributed by atoms with van der Waals surface area (Å²) in [5.41, 5.74) is 11.4. The van der Waals surface area contributed by atoms with Crippen LogP contribution in [0.1, 0.15) is 0 Å². The average molecular weight is 401 g/mol. The van der Waals surface area contributed by atoms with E-state index in [1.807, 2.05) is 0 Å². The molecule has 24 heavy (non-hydrogen) atoms. The van der Waals surface area contributed by atoms with Crippen molar-refractivity contribution in [2.24, 2.45) is 0 Å². The van der Waals surface area contributed by atoms with E-state index in [2.05, 4.69) is 0 Å². The molecular weight excluding hydrogens is 388 g/mol. The molecule has 0 bridgehead atoms. The van der Waals surface area contributed by atoms with Crippen LogP contribution in [0.15, 0.2) is 65.4 Å². The van der Waals surface area contributed by atoms with E-state index in [1.165, 1.54) is 24.3 Å². The van der Waals surface area contributed by atoms with Crippen molar-refractivity contribution in [3.8, 4) is 0 Å². The van der Waals surface area contributed by atoms with Gasteiger partial charge in [0.25, 0.3) is 0 Å². The lowest BCUT2D eigenvalue weighted by atomic mass is 10.3. The lowest BCUT2D eigenvalue weighted by Gasteiger charge is -2.12. The number of benzene rings is 1. The van der Waals surface area contributed by atoms with Gasteiger partial charge in [0.2, 0.25) is 19.7 Å². The SMILES string of the molecule is Nc1cc(S(=O)(=O)c2cccs2)c(N)c(S(=O)(=O)c2cccs2)c1. The Morgan fingerprint density at radius 1 is 0.750 bits per heavy atom. The van der Waals surface area contributed by atoms with E-state index < -0.39 is 19.7 Å². The van der Waals surface area contributed by atoms with Gasteiger partial charge in [0.15, 0.2) is 0 Å². The van der Waals surface area contributed by atoms with Gasteiger partial charge in [-0.05, 0) is 35.0 Å². The maximum atomic E-state index is 12.7. The van der Waals surface area contributed by atoms with Crippen molar-refractivity contribution in [3.63, 3.8) is 0 Å². The molecule has 126 valence electrons. The van der Waals surface area contributed by atoms with Crippen molar-refractivity contribution in [3.05, 3.63) is 47.2 Å². The van der Waals surface area contributed by atoms with Crippen molar-refractivity contribution in [2.75, 3.05) is 11.5 Å². The largest absolute Gasteiger partial charge is 0.399 e. The van der Waals surface area contributed by atoms with Crippen LogP contribution in [0.3, 0.4) is 0 Å². The number of hydrogen-bond acceptors (Lipinski definition) is 8. The highest BCUT2D eigenvalue weighted by molar-refractivity contribution is 7.94. The second kappa shape index (κ2) is 5.88. The second-order valence-electron chi connectivity index (χ2n) is 4.80. The van der Waals surface area contributed by atoms with Crippen molar-refractivity contribution < 1.29 is 16.8 Å². The number of thiophene rings is 2. The highest BCUT2D eigenvalue weighted by atomic mass is 32.2. The molecule has 0 amide bonds. The first-order valence-corrected chi connectivity index (χ1v) is 11.2. The van der Waals surface area contributed by atoms with Gasteiger partial charge < -0.3 is 11.5 Å². The maximum absolute atomic E-state index is 12.7. The van der Waals surface area contributed by atoms with Crippen LogP contribution >= 0.6 is 22.7 Å². The summed E-state index contributed by atoms with van der Waals surface area (Å²) >= 11 is 2.04. The van der Waals surface area contributed by atoms with Gasteiger partial charge in [0.1, 0.15) is 8.42 Å². The summed E-state index contributed by atoms with van der Waals surface area (Å²) in [7, 11) is -7.90. The van der Waals surface area contributed by atoms with Gasteiger partial charge in [0, 0.05) is 5.69 Å². The molecule has 0 saturated heterocycles. The van der Waals surface area contributed by atoms with Crippen LogP contribution < -0.4 is 11.5 Å². The van der Waals surface area contributed by atoms with E-state index in [1.54, 1.807) is 22.9 Å². The second-order valence-corrected chi connectivity index (χ2v) is 11.0. The third-order valence-electron chi connectivity index (χ3n) is 3.23. The Kier molecular flexibility index (Phi) is 4.16. The van der Waals surface area contributed by atoms with Crippen LogP contribution in [0, 0.1) is 0 Å². The third kappa shape index (κ3) is 2.71. The zero-order chi connectivity index (χ0) is 17.5. The molecule has 0 radical (unpaired) electrons. The molecule has 6 nitrogen and oxygen atoms in total. The van der Waals surface area contributed by atoms with Crippen LogP contribution in [0.2, 0.25) is 0 Å². The summed E-state index contributed by atoms with van der Waals surface area (Å²) in [6.07, 6.45) is 0. The first-order chi connectivity index (χ1) is 11.2. The Morgan fingerprint density at radius 2 is 1.17 bits per heavy atom. The molecule has 1 aromatic carbocycles. The van der Waals surface area contributed by atoms with Crippen molar-refractivity contribution >= 4 is 53.7 Å². The standard InChI is InChI=1S/C14H12N2O4S4/c15-9-7-10(23(17,18)12-3-1-5-21-12)14(16)11(8-9)24(19,20)13-4-2-6-22-13/h1-8H,15-16H2. The molecular formula is C14H12N2O4S4. The molecule has 4 N–H and O–H groups in total. The molecule has 0 atom stereocenters. The summed E-state index contributed by atoms with van der Waals surface area (Å²) in [6.45, 7) is 0. The molecule has 10 heteroatoms. The van der Waals surface area contributed by atoms with Crippen LogP contribution in [0.5, 0.6) is 0 Å². The number of anilines is 2. The van der Waals surface area contributed by atoms with Gasteiger partial charge in [-0.25, -0.2) is 16.8 Å². The number of sulfone groups is 2. The third-order valence-corrected chi connectivity index (χ3v) is 9.61. The van der Waals surface area contributed by atoms with Gasteiger partial charge in [-0.1, -0.05) is 12.1 Å². The molecule has 0 saturated carbocycles. The van der Waals surface area contributed by atoms with E-state index >= 15 is 0 Å². The normalized spacial score (nSPS) is 12.3. The molecule has 0 unspecified atom stereocenters. The molecule has 0 aliphatic rings. The van der Waals surface area contributed by atoms with Crippen molar-refractivity contribution in [1.82, 2.24) is 0 Å². The molecule has 3 rings (SSSR count). The fraction of sp³-hybridized carbons (Fsp3) is 0. The summed E-state index contributed by atoms with van der Waals surface area (Å²) in [5.74, 6) is 0. The quantitative estimate of drug-likeness (QED) is 0.650. The average Bonchev–Trinajstić information content (AvgIpc) is 3.22. The van der Waals surface area contributed by atoms with Gasteiger partial charge in [-0.15, -0.1) is 22.7 Å². The molecule has 2 heterocycles.